The molecule has 3 aromatic rings. The number of hydrogen-bond acceptors (Lipinski definition) is 15. The summed E-state index contributed by atoms with van der Waals surface area (Å²) >= 11 is 0. The van der Waals surface area contributed by atoms with Crippen LogP contribution in [0, 0.1) is 0 Å². The van der Waals surface area contributed by atoms with Gasteiger partial charge in [0.05, 0.1) is 20.3 Å². The van der Waals surface area contributed by atoms with Crippen molar-refractivity contribution in [1.82, 2.24) is 0 Å². The van der Waals surface area contributed by atoms with E-state index in [4.69, 9.17) is 28.4 Å². The molecule has 0 aromatic heterocycles. The Morgan fingerprint density at radius 2 is 1.46 bits per heavy atom. The van der Waals surface area contributed by atoms with Gasteiger partial charge in [0.2, 0.25) is 5.78 Å². The molecule has 0 bridgehead atoms. The third kappa shape index (κ3) is 5.62. The van der Waals surface area contributed by atoms with E-state index >= 15 is 0 Å². The lowest BCUT2D eigenvalue weighted by molar-refractivity contribution is -0.305. The summed E-state index contributed by atoms with van der Waals surface area (Å²) in [6.45, 7) is -0.932. The standard InChI is InChI=1S/C31H32O15/c1-41-18-6-12(2-4-15(18)34)29-22(11-42-31-28(40)26(38)24(36)21(10-32)46-31)43-17-5-3-13(7-19(17)44-29)30-27(39)25(37)23-16(35)8-14(33)9-20(23)45-30/h2-9,21-22,24,26-36,38-40H,10-11H2,1H3/t21-,22-,24+,26+,27+,28-,29-,30-,31-/m1/s1. The number of aromatic hydroxyl groups is 3. The molecule has 15 nitrogen and oxygen atoms in total. The highest BCUT2D eigenvalue weighted by Gasteiger charge is 2.45. The first-order valence-corrected chi connectivity index (χ1v) is 14.2. The number of phenols is 3. The first-order chi connectivity index (χ1) is 22.0. The van der Waals surface area contributed by atoms with Gasteiger partial charge in [0.15, 0.2) is 53.7 Å². The zero-order chi connectivity index (χ0) is 32.9. The van der Waals surface area contributed by atoms with Gasteiger partial charge in [0.25, 0.3) is 0 Å². The number of ether oxygens (including phenoxy) is 6. The Balaban J connectivity index is 1.30. The van der Waals surface area contributed by atoms with Gasteiger partial charge < -0.3 is 69.3 Å². The lowest BCUT2D eigenvalue weighted by atomic mass is 9.92. The Morgan fingerprint density at radius 1 is 0.739 bits per heavy atom. The fourth-order valence-corrected chi connectivity index (χ4v) is 5.66. The molecule has 3 aliphatic rings. The van der Waals surface area contributed by atoms with Crippen LogP contribution in [-0.4, -0.2) is 110 Å². The van der Waals surface area contributed by atoms with Crippen molar-refractivity contribution in [2.75, 3.05) is 20.3 Å². The molecule has 1 fully saturated rings. The summed E-state index contributed by atoms with van der Waals surface area (Å²) in [5.74, 6) is -1.41. The van der Waals surface area contributed by atoms with Crippen LogP contribution < -0.4 is 18.9 Å². The lowest BCUT2D eigenvalue weighted by Crippen LogP contribution is -2.59. The Bertz CT molecular complexity index is 1610. The number of Topliss-reactive ketones (excluding diaryl/α,β-unsaturated/α-hetero) is 1. The van der Waals surface area contributed by atoms with E-state index < -0.39 is 73.3 Å². The van der Waals surface area contributed by atoms with Gasteiger partial charge in [-0.15, -0.1) is 0 Å². The van der Waals surface area contributed by atoms with Crippen LogP contribution in [0.15, 0.2) is 48.5 Å². The number of methoxy groups -OCH3 is 1. The minimum Gasteiger partial charge on any atom is -0.508 e. The van der Waals surface area contributed by atoms with Crippen LogP contribution in [0.3, 0.4) is 0 Å². The van der Waals surface area contributed by atoms with Crippen LogP contribution in [-0.2, 0) is 9.47 Å². The summed E-state index contributed by atoms with van der Waals surface area (Å²) < 4.78 is 34.8. The quantitative estimate of drug-likeness (QED) is 0.171. The highest BCUT2D eigenvalue weighted by molar-refractivity contribution is 6.05. The minimum atomic E-state index is -1.71. The fourth-order valence-electron chi connectivity index (χ4n) is 5.66. The predicted octanol–water partition coefficient (Wildman–Crippen LogP) is 0.187. The molecule has 0 radical (unpaired) electrons. The molecular weight excluding hydrogens is 612 g/mol. The smallest absolute Gasteiger partial charge is 0.202 e. The minimum absolute atomic E-state index is 0.118. The number of aliphatic hydroxyl groups excluding tert-OH is 5. The molecule has 246 valence electrons. The molecule has 6 rings (SSSR count). The molecule has 3 aliphatic heterocycles. The molecule has 3 aromatic carbocycles. The summed E-state index contributed by atoms with van der Waals surface area (Å²) in [5.41, 5.74) is 0.509. The number of ketones is 1. The number of benzene rings is 3. The zero-order valence-corrected chi connectivity index (χ0v) is 24.2. The van der Waals surface area contributed by atoms with Crippen LogP contribution in [0.25, 0.3) is 0 Å². The van der Waals surface area contributed by atoms with E-state index in [1.165, 1.54) is 37.4 Å². The Hall–Kier alpha value is -4.35. The predicted molar refractivity (Wildman–Crippen MR) is 152 cm³/mol. The molecule has 0 aliphatic carbocycles. The van der Waals surface area contributed by atoms with E-state index in [0.29, 0.717) is 11.1 Å². The van der Waals surface area contributed by atoms with Gasteiger partial charge in [-0.25, -0.2) is 0 Å². The highest BCUT2D eigenvalue weighted by atomic mass is 16.7. The van der Waals surface area contributed by atoms with Crippen molar-refractivity contribution in [3.8, 4) is 40.2 Å². The van der Waals surface area contributed by atoms with E-state index in [-0.39, 0.29) is 46.7 Å². The number of aliphatic hydroxyl groups is 5. The first kappa shape index (κ1) is 31.6. The molecule has 1 saturated heterocycles. The van der Waals surface area contributed by atoms with Crippen molar-refractivity contribution in [1.29, 1.82) is 0 Å². The summed E-state index contributed by atoms with van der Waals surface area (Å²) in [4.78, 5) is 12.9. The van der Waals surface area contributed by atoms with E-state index in [1.54, 1.807) is 6.07 Å². The topological polar surface area (TPSA) is 234 Å². The molecule has 46 heavy (non-hydrogen) atoms. The average Bonchev–Trinajstić information content (AvgIpc) is 3.04. The van der Waals surface area contributed by atoms with Crippen molar-refractivity contribution in [2.45, 2.75) is 55.1 Å². The van der Waals surface area contributed by atoms with Gasteiger partial charge in [0.1, 0.15) is 47.2 Å². The molecule has 0 saturated carbocycles. The molecule has 15 heteroatoms. The SMILES string of the molecule is COc1cc([C@H]2Oc3cc([C@H]4Oc5cc(O)cc(O)c5C(=O)[C@@H]4O)ccc3O[C@@H]2CO[C@@H]2O[C@H](CO)[C@H](O)[C@H](O)[C@H]2O)ccc1O. The Kier molecular flexibility index (Phi) is 8.56. The van der Waals surface area contributed by atoms with E-state index in [9.17, 15) is 45.6 Å². The van der Waals surface area contributed by atoms with Crippen molar-refractivity contribution >= 4 is 5.78 Å². The molecule has 0 unspecified atom stereocenters. The summed E-state index contributed by atoms with van der Waals surface area (Å²) in [5, 5.41) is 81.2. The van der Waals surface area contributed by atoms with E-state index in [1.807, 2.05) is 0 Å². The third-order valence-corrected chi connectivity index (χ3v) is 8.09. The molecule has 9 atom stereocenters. The van der Waals surface area contributed by atoms with Crippen molar-refractivity contribution in [3.05, 3.63) is 65.2 Å². The van der Waals surface area contributed by atoms with E-state index in [2.05, 4.69) is 0 Å². The maximum atomic E-state index is 12.9. The van der Waals surface area contributed by atoms with Crippen LogP contribution in [0.1, 0.15) is 33.7 Å². The average molecular weight is 645 g/mol. The maximum Gasteiger partial charge on any atom is 0.202 e. The van der Waals surface area contributed by atoms with Crippen molar-refractivity contribution in [2.24, 2.45) is 0 Å². The highest BCUT2D eigenvalue weighted by Crippen LogP contribution is 2.46. The van der Waals surface area contributed by atoms with Crippen LogP contribution >= 0.6 is 0 Å². The van der Waals surface area contributed by atoms with Crippen LogP contribution in [0.4, 0.5) is 0 Å². The zero-order valence-electron chi connectivity index (χ0n) is 24.2. The number of carbonyl (C=O) groups excluding carboxylic acids is 1. The first-order valence-electron chi connectivity index (χ1n) is 14.2. The van der Waals surface area contributed by atoms with Crippen LogP contribution in [0.2, 0.25) is 0 Å². The normalized spacial score (nSPS) is 30.3. The fraction of sp³-hybridized carbons (Fsp3) is 0.387. The van der Waals surface area contributed by atoms with Gasteiger partial charge in [-0.05, 0) is 29.8 Å². The molecule has 0 amide bonds. The van der Waals surface area contributed by atoms with Crippen molar-refractivity contribution < 1.29 is 74.1 Å². The van der Waals surface area contributed by atoms with E-state index in [0.717, 1.165) is 12.1 Å². The summed E-state index contributed by atoms with van der Waals surface area (Å²) in [7, 11) is 1.37. The lowest BCUT2D eigenvalue weighted by Gasteiger charge is -2.41. The molecular formula is C31H32O15. The Morgan fingerprint density at radius 3 is 2.20 bits per heavy atom. The number of carbonyl (C=O) groups is 1. The summed E-state index contributed by atoms with van der Waals surface area (Å²) in [6.07, 6.45) is -12.3. The van der Waals surface area contributed by atoms with Gasteiger partial charge in [-0.3, -0.25) is 4.79 Å². The number of phenolic OH excluding ortho intramolecular Hbond substituents is 3. The molecule has 3 heterocycles. The van der Waals surface area contributed by atoms with Crippen LogP contribution in [0.5, 0.6) is 40.2 Å². The second-order valence-corrected chi connectivity index (χ2v) is 11.0. The van der Waals surface area contributed by atoms with Gasteiger partial charge in [-0.1, -0.05) is 12.1 Å². The van der Waals surface area contributed by atoms with Crippen molar-refractivity contribution in [3.63, 3.8) is 0 Å². The largest absolute Gasteiger partial charge is 0.508 e. The van der Waals surface area contributed by atoms with Gasteiger partial charge in [-0.2, -0.15) is 0 Å². The Labute approximate surface area is 260 Å². The second kappa shape index (κ2) is 12.4. The maximum absolute atomic E-state index is 12.9. The monoisotopic (exact) mass is 644 g/mol. The second-order valence-electron chi connectivity index (χ2n) is 11.0. The number of fused-ring (bicyclic) bond motifs is 2. The van der Waals surface area contributed by atoms with Gasteiger partial charge >= 0.3 is 0 Å². The number of hydrogen-bond donors (Lipinski definition) is 8. The van der Waals surface area contributed by atoms with Gasteiger partial charge in [0, 0.05) is 17.7 Å². The molecule has 0 spiro atoms. The summed E-state index contributed by atoms with van der Waals surface area (Å²) in [6, 6.07) is 11.1. The number of rotatable bonds is 7. The molecule has 8 N–H and O–H groups in total. The third-order valence-electron chi connectivity index (χ3n) is 8.09.